The number of rotatable bonds is 30. The van der Waals surface area contributed by atoms with Crippen LogP contribution in [0.4, 0.5) is 0 Å². The van der Waals surface area contributed by atoms with E-state index in [1.807, 2.05) is 146 Å². The summed E-state index contributed by atoms with van der Waals surface area (Å²) in [6, 6.07) is 47.5. The van der Waals surface area contributed by atoms with Crippen molar-refractivity contribution in [2.24, 2.45) is 0 Å². The third-order valence-corrected chi connectivity index (χ3v) is 12.6. The van der Waals surface area contributed by atoms with Crippen LogP contribution in [0.5, 0.6) is 34.5 Å². The molecule has 8 rings (SSSR count). The second kappa shape index (κ2) is 32.0. The number of para-hydroxylation sites is 6. The maximum absolute atomic E-state index is 6.15. The van der Waals surface area contributed by atoms with Crippen LogP contribution >= 0.6 is 0 Å². The van der Waals surface area contributed by atoms with Gasteiger partial charge in [0.2, 0.25) is 0 Å². The molecule has 0 amide bonds. The van der Waals surface area contributed by atoms with E-state index >= 15 is 0 Å². The van der Waals surface area contributed by atoms with Crippen molar-refractivity contribution < 1.29 is 28.4 Å². The quantitative estimate of drug-likeness (QED) is 0.0397. The van der Waals surface area contributed by atoms with Crippen molar-refractivity contribution in [1.29, 1.82) is 0 Å². The molecule has 12 nitrogen and oxygen atoms in total. The number of benzene rings is 6. The van der Waals surface area contributed by atoms with Gasteiger partial charge in [-0.25, -0.2) is 29.9 Å². The molecule has 0 atom stereocenters. The van der Waals surface area contributed by atoms with Gasteiger partial charge in [0.15, 0.2) is 34.9 Å². The highest BCUT2D eigenvalue weighted by molar-refractivity contribution is 5.75. The number of nitrogens with zero attached hydrogens (tertiary/aromatic N) is 6. The monoisotopic (exact) mass is 1050 g/mol. The molecule has 0 aliphatic heterocycles. The average Bonchev–Trinajstić information content (AvgIpc) is 3.59. The standard InChI is InChI=1S/2C33H39N3O3/c2*1-4-7-22-37-28-19-13-10-16-25(28)31-34-32(26-17-11-14-20-29(26)38-23-8-5-2)36-33(35-31)27-18-12-15-21-30(27)39-24-9-6-3/h2*10-21H,4-9,22-24H2,1-3H3. The van der Waals surface area contributed by atoms with Gasteiger partial charge in [-0.05, 0) is 111 Å². The van der Waals surface area contributed by atoms with Gasteiger partial charge in [0.05, 0.1) is 73.0 Å². The largest absolute Gasteiger partial charge is 0.493 e. The lowest BCUT2D eigenvalue weighted by Gasteiger charge is -2.15. The van der Waals surface area contributed by atoms with Gasteiger partial charge in [-0.2, -0.15) is 0 Å². The Labute approximate surface area is 463 Å². The van der Waals surface area contributed by atoms with Crippen LogP contribution in [0.2, 0.25) is 0 Å². The molecule has 8 aromatic rings. The highest BCUT2D eigenvalue weighted by atomic mass is 16.5. The van der Waals surface area contributed by atoms with E-state index in [1.165, 1.54) is 0 Å². The van der Waals surface area contributed by atoms with Crippen molar-refractivity contribution in [3.8, 4) is 103 Å². The van der Waals surface area contributed by atoms with Crippen molar-refractivity contribution >= 4 is 0 Å². The summed E-state index contributed by atoms with van der Waals surface area (Å²) in [6.45, 7) is 16.8. The molecule has 12 heteroatoms. The fourth-order valence-electron chi connectivity index (χ4n) is 8.10. The predicted octanol–water partition coefficient (Wildman–Crippen LogP) is 16.8. The van der Waals surface area contributed by atoms with Gasteiger partial charge in [0, 0.05) is 0 Å². The second-order valence-electron chi connectivity index (χ2n) is 18.8. The minimum absolute atomic E-state index is 0.550. The summed E-state index contributed by atoms with van der Waals surface area (Å²) in [6.07, 6.45) is 12.2. The zero-order chi connectivity index (χ0) is 54.6. The molecule has 2 aromatic heterocycles. The SMILES string of the molecule is CCCCOc1ccccc1-c1nc(-c2ccccc2OCCCC)nc(-c2ccccc2OCCCC)n1.CCCCOc1ccccc1-c1nc(-c2ccccc2OCCCC)nc(-c2ccccc2OCCCC)n1. The molecule has 0 saturated carbocycles. The summed E-state index contributed by atoms with van der Waals surface area (Å²) in [7, 11) is 0. The molecule has 0 aliphatic rings. The van der Waals surface area contributed by atoms with E-state index in [2.05, 4.69) is 41.5 Å². The summed E-state index contributed by atoms with van der Waals surface area (Å²) < 4.78 is 36.9. The zero-order valence-corrected chi connectivity index (χ0v) is 46.7. The molecule has 0 bridgehead atoms. The minimum atomic E-state index is 0.550. The Hall–Kier alpha value is -7.86. The van der Waals surface area contributed by atoms with Crippen LogP contribution < -0.4 is 28.4 Å². The van der Waals surface area contributed by atoms with Crippen LogP contribution in [0.1, 0.15) is 119 Å². The van der Waals surface area contributed by atoms with Crippen molar-refractivity contribution in [2.75, 3.05) is 39.6 Å². The van der Waals surface area contributed by atoms with Gasteiger partial charge in [-0.15, -0.1) is 0 Å². The molecule has 0 aliphatic carbocycles. The Morgan fingerprint density at radius 2 is 0.359 bits per heavy atom. The molecule has 0 fully saturated rings. The Morgan fingerprint density at radius 1 is 0.218 bits per heavy atom. The molecular weight excluding hydrogens is 973 g/mol. The maximum Gasteiger partial charge on any atom is 0.167 e. The van der Waals surface area contributed by atoms with Crippen molar-refractivity contribution in [3.05, 3.63) is 146 Å². The normalized spacial score (nSPS) is 10.8. The molecule has 0 radical (unpaired) electrons. The summed E-state index contributed by atoms with van der Waals surface area (Å²) in [4.78, 5) is 29.8. The van der Waals surface area contributed by atoms with Gasteiger partial charge in [0.1, 0.15) is 34.5 Å². The van der Waals surface area contributed by atoms with E-state index in [1.54, 1.807) is 0 Å². The maximum atomic E-state index is 6.15. The number of aromatic nitrogens is 6. The van der Waals surface area contributed by atoms with E-state index in [0.717, 1.165) is 145 Å². The zero-order valence-electron chi connectivity index (χ0n) is 46.7. The van der Waals surface area contributed by atoms with E-state index in [9.17, 15) is 0 Å². The first kappa shape index (κ1) is 57.8. The lowest BCUT2D eigenvalue weighted by Crippen LogP contribution is -2.05. The van der Waals surface area contributed by atoms with Crippen LogP contribution in [0, 0.1) is 0 Å². The van der Waals surface area contributed by atoms with Gasteiger partial charge in [-0.1, -0.05) is 153 Å². The third-order valence-electron chi connectivity index (χ3n) is 12.6. The average molecular weight is 1050 g/mol. The number of ether oxygens (including phenoxy) is 6. The summed E-state index contributed by atoms with van der Waals surface area (Å²) in [5.41, 5.74) is 4.96. The predicted molar refractivity (Wildman–Crippen MR) is 315 cm³/mol. The Balaban J connectivity index is 0.000000226. The summed E-state index contributed by atoms with van der Waals surface area (Å²) >= 11 is 0. The molecule has 2 heterocycles. The number of hydrogen-bond donors (Lipinski definition) is 0. The van der Waals surface area contributed by atoms with Crippen LogP contribution in [0.15, 0.2) is 146 Å². The Kier molecular flexibility index (Phi) is 23.7. The van der Waals surface area contributed by atoms with Crippen LogP contribution in [-0.2, 0) is 0 Å². The Morgan fingerprint density at radius 3 is 0.500 bits per heavy atom. The fourth-order valence-corrected chi connectivity index (χ4v) is 8.10. The molecule has 408 valence electrons. The fraction of sp³-hybridized carbons (Fsp3) is 0.364. The van der Waals surface area contributed by atoms with Crippen LogP contribution in [-0.4, -0.2) is 69.5 Å². The van der Waals surface area contributed by atoms with Crippen molar-refractivity contribution in [1.82, 2.24) is 29.9 Å². The summed E-state index contributed by atoms with van der Waals surface area (Å²) in [5.74, 6) is 7.85. The topological polar surface area (TPSA) is 133 Å². The van der Waals surface area contributed by atoms with Crippen LogP contribution in [0.25, 0.3) is 68.3 Å². The molecule has 6 aromatic carbocycles. The van der Waals surface area contributed by atoms with Crippen molar-refractivity contribution in [3.63, 3.8) is 0 Å². The van der Waals surface area contributed by atoms with Crippen molar-refractivity contribution in [2.45, 2.75) is 119 Å². The molecule has 0 spiro atoms. The van der Waals surface area contributed by atoms with E-state index < -0.39 is 0 Å². The molecule has 0 N–H and O–H groups in total. The molecule has 0 unspecified atom stereocenters. The molecule has 0 saturated heterocycles. The first-order chi connectivity index (χ1) is 38.5. The first-order valence-corrected chi connectivity index (χ1v) is 28.3. The minimum Gasteiger partial charge on any atom is -0.493 e. The molecule has 78 heavy (non-hydrogen) atoms. The lowest BCUT2D eigenvalue weighted by atomic mass is 10.1. The van der Waals surface area contributed by atoms with E-state index in [-0.39, 0.29) is 0 Å². The number of unbranched alkanes of at least 4 members (excludes halogenated alkanes) is 6. The van der Waals surface area contributed by atoms with Gasteiger partial charge < -0.3 is 28.4 Å². The third kappa shape index (κ3) is 16.6. The lowest BCUT2D eigenvalue weighted by molar-refractivity contribution is 0.310. The van der Waals surface area contributed by atoms with Gasteiger partial charge in [0.25, 0.3) is 0 Å². The first-order valence-electron chi connectivity index (χ1n) is 28.3. The van der Waals surface area contributed by atoms with E-state index in [0.29, 0.717) is 74.6 Å². The highest BCUT2D eigenvalue weighted by Crippen LogP contribution is 2.38. The smallest absolute Gasteiger partial charge is 0.167 e. The second-order valence-corrected chi connectivity index (χ2v) is 18.8. The van der Waals surface area contributed by atoms with Gasteiger partial charge >= 0.3 is 0 Å². The number of hydrogen-bond acceptors (Lipinski definition) is 12. The van der Waals surface area contributed by atoms with Crippen LogP contribution in [0.3, 0.4) is 0 Å². The van der Waals surface area contributed by atoms with E-state index in [4.69, 9.17) is 58.3 Å². The van der Waals surface area contributed by atoms with Gasteiger partial charge in [-0.3, -0.25) is 0 Å². The Bertz CT molecular complexity index is 2510. The summed E-state index contributed by atoms with van der Waals surface area (Å²) in [5, 5.41) is 0. The molecular formula is C66H78N6O6. The highest BCUT2D eigenvalue weighted by Gasteiger charge is 2.22.